The van der Waals surface area contributed by atoms with Crippen LogP contribution in [0.25, 0.3) is 0 Å². The number of rotatable bonds is 43. The molecule has 0 bridgehead atoms. The van der Waals surface area contributed by atoms with Crippen LogP contribution in [0.3, 0.4) is 0 Å². The zero-order valence-electron chi connectivity index (χ0n) is 37.6. The first-order chi connectivity index (χ1) is 26.8. The predicted octanol–water partition coefficient (Wildman–Crippen LogP) is 15.4. The Morgan fingerprint density at radius 2 is 0.691 bits per heavy atom. The van der Waals surface area contributed by atoms with Crippen molar-refractivity contribution in [3.63, 3.8) is 0 Å². The summed E-state index contributed by atoms with van der Waals surface area (Å²) in [6.07, 6.45) is 41.0. The molecule has 0 spiro atoms. The lowest BCUT2D eigenvalue weighted by Crippen LogP contribution is -2.30. The fourth-order valence-electron chi connectivity index (χ4n) is 7.25. The molecular weight excluding hydrogens is 685 g/mol. The van der Waals surface area contributed by atoms with E-state index < -0.39 is 6.10 Å². The second kappa shape index (κ2) is 42.0. The van der Waals surface area contributed by atoms with E-state index in [2.05, 4.69) is 34.6 Å². The third-order valence-electron chi connectivity index (χ3n) is 11.3. The van der Waals surface area contributed by atoms with E-state index in [-0.39, 0.29) is 31.1 Å². The fourth-order valence-corrected chi connectivity index (χ4v) is 7.25. The van der Waals surface area contributed by atoms with Crippen LogP contribution >= 0.6 is 0 Å². The highest BCUT2D eigenvalue weighted by Gasteiger charge is 2.19. The number of unbranched alkanes of at least 4 members (excludes halogenated alkanes) is 27. The lowest BCUT2D eigenvalue weighted by molar-refractivity contribution is -0.167. The van der Waals surface area contributed by atoms with Gasteiger partial charge in [-0.15, -0.1) is 0 Å². The first kappa shape index (κ1) is 53.4. The highest BCUT2D eigenvalue weighted by molar-refractivity contribution is 5.71. The molecule has 0 fully saturated rings. The molecule has 0 aromatic heterocycles. The molecular formula is C49H94O6. The molecule has 0 saturated carbocycles. The topological polar surface area (TPSA) is 78.9 Å². The van der Waals surface area contributed by atoms with Crippen molar-refractivity contribution in [2.75, 3.05) is 13.2 Å². The van der Waals surface area contributed by atoms with Crippen LogP contribution in [0.4, 0.5) is 0 Å². The highest BCUT2D eigenvalue weighted by Crippen LogP contribution is 2.17. The predicted molar refractivity (Wildman–Crippen MR) is 233 cm³/mol. The molecule has 0 amide bonds. The molecule has 0 rings (SSSR count). The van der Waals surface area contributed by atoms with Crippen LogP contribution in [-0.4, -0.2) is 37.2 Å². The van der Waals surface area contributed by atoms with Crippen LogP contribution in [0.2, 0.25) is 0 Å². The molecule has 6 heteroatoms. The number of carbonyl (C=O) groups is 3. The molecule has 326 valence electrons. The number of ether oxygens (including phenoxy) is 3. The van der Waals surface area contributed by atoms with E-state index in [1.54, 1.807) is 0 Å². The van der Waals surface area contributed by atoms with Gasteiger partial charge in [0.2, 0.25) is 0 Å². The minimum Gasteiger partial charge on any atom is -0.462 e. The number of hydrogen-bond acceptors (Lipinski definition) is 6. The Bertz CT molecular complexity index is 841. The minimum atomic E-state index is -0.761. The summed E-state index contributed by atoms with van der Waals surface area (Å²) in [5.41, 5.74) is 0. The second-order valence-electron chi connectivity index (χ2n) is 17.5. The van der Waals surface area contributed by atoms with Gasteiger partial charge in [0.25, 0.3) is 0 Å². The van der Waals surface area contributed by atoms with Gasteiger partial charge in [0, 0.05) is 19.3 Å². The van der Waals surface area contributed by atoms with Gasteiger partial charge in [-0.3, -0.25) is 14.4 Å². The molecule has 0 aliphatic heterocycles. The van der Waals surface area contributed by atoms with Crippen LogP contribution < -0.4 is 0 Å². The zero-order chi connectivity index (χ0) is 40.5. The SMILES string of the molecule is CCCCCCCCCCCCC(=O)OC[C@@H](COC(=O)CCCCCCCCCCCCCCCCC(C)CC)OC(=O)CCCCCCCCC(C)C. The minimum absolute atomic E-state index is 0.0653. The molecule has 0 aromatic rings. The summed E-state index contributed by atoms with van der Waals surface area (Å²) in [4.78, 5) is 37.7. The Morgan fingerprint density at radius 1 is 0.382 bits per heavy atom. The van der Waals surface area contributed by atoms with Gasteiger partial charge in [-0.25, -0.2) is 0 Å². The molecule has 0 aliphatic rings. The molecule has 0 N–H and O–H groups in total. The van der Waals surface area contributed by atoms with Crippen molar-refractivity contribution in [3.05, 3.63) is 0 Å². The summed E-state index contributed by atoms with van der Waals surface area (Å²) in [5.74, 6) is 0.795. The first-order valence-corrected chi connectivity index (χ1v) is 24.3. The largest absolute Gasteiger partial charge is 0.462 e. The van der Waals surface area contributed by atoms with E-state index in [0.29, 0.717) is 19.3 Å². The van der Waals surface area contributed by atoms with E-state index in [0.717, 1.165) is 69.6 Å². The third kappa shape index (κ3) is 41.9. The summed E-state index contributed by atoms with van der Waals surface area (Å²) in [6, 6.07) is 0. The standard InChI is InChI=1S/C49H94O6/c1-6-8-9-10-11-12-20-23-29-34-39-47(50)53-42-46(55-49(52)41-36-31-26-25-27-32-37-44(3)4)43-54-48(51)40-35-30-24-21-18-16-14-13-15-17-19-22-28-33-38-45(5)7-2/h44-46H,6-43H2,1-5H3/t45?,46-/m0/s1. The van der Waals surface area contributed by atoms with E-state index in [1.165, 1.54) is 154 Å². The van der Waals surface area contributed by atoms with Crippen molar-refractivity contribution < 1.29 is 28.6 Å². The van der Waals surface area contributed by atoms with Gasteiger partial charge in [-0.1, -0.05) is 227 Å². The average molecular weight is 779 g/mol. The van der Waals surface area contributed by atoms with Crippen LogP contribution in [-0.2, 0) is 28.6 Å². The zero-order valence-corrected chi connectivity index (χ0v) is 37.6. The lowest BCUT2D eigenvalue weighted by atomic mass is 9.99. The number of carbonyl (C=O) groups excluding carboxylic acids is 3. The van der Waals surface area contributed by atoms with Crippen LogP contribution in [0.5, 0.6) is 0 Å². The molecule has 0 aromatic carbocycles. The summed E-state index contributed by atoms with van der Waals surface area (Å²) >= 11 is 0. The van der Waals surface area contributed by atoms with Crippen LogP contribution in [0.1, 0.15) is 266 Å². The molecule has 6 nitrogen and oxygen atoms in total. The average Bonchev–Trinajstić information content (AvgIpc) is 3.17. The molecule has 55 heavy (non-hydrogen) atoms. The van der Waals surface area contributed by atoms with E-state index >= 15 is 0 Å². The fraction of sp³-hybridized carbons (Fsp3) is 0.939. The Balaban J connectivity index is 4.22. The Hall–Kier alpha value is -1.59. The van der Waals surface area contributed by atoms with Gasteiger partial charge in [0.05, 0.1) is 0 Å². The van der Waals surface area contributed by atoms with E-state index in [9.17, 15) is 14.4 Å². The molecule has 2 atom stereocenters. The Morgan fingerprint density at radius 3 is 1.04 bits per heavy atom. The van der Waals surface area contributed by atoms with Crippen molar-refractivity contribution in [2.24, 2.45) is 11.8 Å². The van der Waals surface area contributed by atoms with Crippen molar-refractivity contribution in [2.45, 2.75) is 272 Å². The highest BCUT2D eigenvalue weighted by atomic mass is 16.6. The van der Waals surface area contributed by atoms with Crippen molar-refractivity contribution in [3.8, 4) is 0 Å². The smallest absolute Gasteiger partial charge is 0.306 e. The molecule has 1 unspecified atom stereocenters. The molecule has 0 radical (unpaired) electrons. The van der Waals surface area contributed by atoms with E-state index in [4.69, 9.17) is 14.2 Å². The molecule has 0 saturated heterocycles. The maximum atomic E-state index is 12.7. The summed E-state index contributed by atoms with van der Waals surface area (Å²) in [6.45, 7) is 11.3. The normalized spacial score (nSPS) is 12.5. The quantitative estimate of drug-likeness (QED) is 0.0348. The van der Waals surface area contributed by atoms with Crippen molar-refractivity contribution in [1.29, 1.82) is 0 Å². The van der Waals surface area contributed by atoms with Crippen molar-refractivity contribution >= 4 is 17.9 Å². The van der Waals surface area contributed by atoms with E-state index in [1.807, 2.05) is 0 Å². The Kier molecular flexibility index (Phi) is 40.8. The van der Waals surface area contributed by atoms with Crippen LogP contribution in [0.15, 0.2) is 0 Å². The summed E-state index contributed by atoms with van der Waals surface area (Å²) in [7, 11) is 0. The first-order valence-electron chi connectivity index (χ1n) is 24.3. The monoisotopic (exact) mass is 779 g/mol. The summed E-state index contributed by atoms with van der Waals surface area (Å²) < 4.78 is 16.7. The maximum Gasteiger partial charge on any atom is 0.306 e. The van der Waals surface area contributed by atoms with Gasteiger partial charge in [0.1, 0.15) is 13.2 Å². The van der Waals surface area contributed by atoms with Crippen molar-refractivity contribution in [1.82, 2.24) is 0 Å². The number of hydrogen-bond donors (Lipinski definition) is 0. The number of esters is 3. The maximum absolute atomic E-state index is 12.7. The molecule has 0 heterocycles. The van der Waals surface area contributed by atoms with Gasteiger partial charge in [0.15, 0.2) is 6.10 Å². The third-order valence-corrected chi connectivity index (χ3v) is 11.3. The second-order valence-corrected chi connectivity index (χ2v) is 17.5. The Labute approximate surface area is 342 Å². The lowest BCUT2D eigenvalue weighted by Gasteiger charge is -2.18. The molecule has 0 aliphatic carbocycles. The van der Waals surface area contributed by atoms with Gasteiger partial charge < -0.3 is 14.2 Å². The van der Waals surface area contributed by atoms with Gasteiger partial charge in [-0.05, 0) is 31.1 Å². The van der Waals surface area contributed by atoms with Crippen LogP contribution in [0, 0.1) is 11.8 Å². The van der Waals surface area contributed by atoms with Gasteiger partial charge in [-0.2, -0.15) is 0 Å². The van der Waals surface area contributed by atoms with Gasteiger partial charge >= 0.3 is 17.9 Å². The summed E-state index contributed by atoms with van der Waals surface area (Å²) in [5, 5.41) is 0.